The second kappa shape index (κ2) is 5.01. The zero-order valence-electron chi connectivity index (χ0n) is 11.8. The highest BCUT2D eigenvalue weighted by Gasteiger charge is 2.31. The van der Waals surface area contributed by atoms with E-state index in [1.165, 1.54) is 11.1 Å². The predicted octanol–water partition coefficient (Wildman–Crippen LogP) is 4.92. The lowest BCUT2D eigenvalue weighted by molar-refractivity contribution is 0.134. The van der Waals surface area contributed by atoms with Crippen molar-refractivity contribution in [3.8, 4) is 0 Å². The lowest BCUT2D eigenvalue weighted by atomic mass is 9.97. The van der Waals surface area contributed by atoms with Crippen LogP contribution in [-0.4, -0.2) is 5.60 Å². The number of benzene rings is 2. The molecule has 1 aliphatic heterocycles. The summed E-state index contributed by atoms with van der Waals surface area (Å²) in [6, 6.07) is 20.6. The molecule has 3 rings (SSSR count). The smallest absolute Gasteiger partial charge is 0.129 e. The van der Waals surface area contributed by atoms with Crippen LogP contribution in [0.5, 0.6) is 0 Å². The first-order valence-corrected chi connectivity index (χ1v) is 6.88. The third-order valence-corrected chi connectivity index (χ3v) is 3.53. The van der Waals surface area contributed by atoms with Gasteiger partial charge >= 0.3 is 0 Å². The lowest BCUT2D eigenvalue weighted by Gasteiger charge is -2.22. The van der Waals surface area contributed by atoms with Crippen molar-refractivity contribution in [3.63, 3.8) is 0 Å². The topological polar surface area (TPSA) is 9.23 Å². The average molecular weight is 262 g/mol. The van der Waals surface area contributed by atoms with Crippen LogP contribution in [-0.2, 0) is 4.74 Å². The van der Waals surface area contributed by atoms with Gasteiger partial charge in [-0.25, -0.2) is 0 Å². The Labute approximate surface area is 120 Å². The van der Waals surface area contributed by atoms with Crippen LogP contribution < -0.4 is 0 Å². The number of hydrogen-bond acceptors (Lipinski definition) is 1. The summed E-state index contributed by atoms with van der Waals surface area (Å²) in [5, 5.41) is 0. The summed E-state index contributed by atoms with van der Waals surface area (Å²) in [4.78, 5) is 0. The normalized spacial score (nSPS) is 18.7. The van der Waals surface area contributed by atoms with E-state index in [1.807, 2.05) is 24.3 Å². The molecule has 100 valence electrons. The maximum Gasteiger partial charge on any atom is 0.129 e. The molecular weight excluding hydrogens is 244 g/mol. The summed E-state index contributed by atoms with van der Waals surface area (Å²) in [5.41, 5.74) is 3.23. The Kier molecular flexibility index (Phi) is 3.19. The van der Waals surface area contributed by atoms with Crippen molar-refractivity contribution in [2.75, 3.05) is 0 Å². The van der Waals surface area contributed by atoms with E-state index in [1.54, 1.807) is 0 Å². The van der Waals surface area contributed by atoms with Crippen LogP contribution in [0.1, 0.15) is 25.0 Å². The van der Waals surface area contributed by atoms with Crippen LogP contribution in [0, 0.1) is 0 Å². The Morgan fingerprint density at radius 2 is 1.45 bits per heavy atom. The molecule has 0 atom stereocenters. The molecule has 0 spiro atoms. The number of ether oxygens (including phenoxy) is 1. The molecule has 1 nitrogen and oxygen atoms in total. The summed E-state index contributed by atoms with van der Waals surface area (Å²) >= 11 is 0. The zero-order chi connectivity index (χ0) is 14.0. The Morgan fingerprint density at radius 3 is 2.10 bits per heavy atom. The fraction of sp³-hybridized carbons (Fsp3) is 0.158. The van der Waals surface area contributed by atoms with E-state index < -0.39 is 0 Å². The molecule has 2 aromatic carbocycles. The van der Waals surface area contributed by atoms with Gasteiger partial charge in [0.2, 0.25) is 0 Å². The van der Waals surface area contributed by atoms with Gasteiger partial charge < -0.3 is 4.74 Å². The first kappa shape index (κ1) is 12.7. The van der Waals surface area contributed by atoms with Crippen molar-refractivity contribution in [2.24, 2.45) is 0 Å². The molecule has 2 aromatic rings. The monoisotopic (exact) mass is 262 g/mol. The largest absolute Gasteiger partial charge is 0.483 e. The van der Waals surface area contributed by atoms with Gasteiger partial charge in [0, 0.05) is 5.56 Å². The van der Waals surface area contributed by atoms with E-state index in [0.717, 1.165) is 11.3 Å². The van der Waals surface area contributed by atoms with Gasteiger partial charge in [-0.05, 0) is 37.1 Å². The van der Waals surface area contributed by atoms with Gasteiger partial charge in [0.1, 0.15) is 11.4 Å². The molecule has 0 N–H and O–H groups in total. The Hall–Kier alpha value is -2.28. The van der Waals surface area contributed by atoms with Crippen LogP contribution in [0.3, 0.4) is 0 Å². The van der Waals surface area contributed by atoms with E-state index >= 15 is 0 Å². The van der Waals surface area contributed by atoms with Gasteiger partial charge in [0.15, 0.2) is 0 Å². The van der Waals surface area contributed by atoms with Crippen LogP contribution in [0.4, 0.5) is 0 Å². The van der Waals surface area contributed by atoms with Crippen LogP contribution in [0.25, 0.3) is 11.8 Å². The van der Waals surface area contributed by atoms with Crippen LogP contribution >= 0.6 is 0 Å². The molecular formula is C19H18O. The van der Waals surface area contributed by atoms with Crippen molar-refractivity contribution in [1.29, 1.82) is 0 Å². The molecule has 0 saturated heterocycles. The van der Waals surface area contributed by atoms with Gasteiger partial charge in [0.05, 0.1) is 0 Å². The first-order chi connectivity index (χ1) is 9.65. The molecule has 20 heavy (non-hydrogen) atoms. The second-order valence-corrected chi connectivity index (χ2v) is 5.50. The van der Waals surface area contributed by atoms with E-state index in [-0.39, 0.29) is 5.60 Å². The standard InChI is InChI=1S/C19H18O/c1-19(2)17(13-15-9-5-3-6-10-15)14-18(20-19)16-11-7-4-8-12-16/h3-14H,1-2H3/b17-13-. The fourth-order valence-corrected chi connectivity index (χ4v) is 2.37. The molecule has 0 unspecified atom stereocenters. The molecule has 0 aromatic heterocycles. The summed E-state index contributed by atoms with van der Waals surface area (Å²) in [6.45, 7) is 4.21. The minimum absolute atomic E-state index is 0.291. The van der Waals surface area contributed by atoms with Crippen LogP contribution in [0.2, 0.25) is 0 Å². The fourth-order valence-electron chi connectivity index (χ4n) is 2.37. The molecule has 1 heteroatoms. The second-order valence-electron chi connectivity index (χ2n) is 5.50. The summed E-state index contributed by atoms with van der Waals surface area (Å²) in [6.07, 6.45) is 4.33. The lowest BCUT2D eigenvalue weighted by Crippen LogP contribution is -2.20. The highest BCUT2D eigenvalue weighted by molar-refractivity contribution is 5.72. The average Bonchev–Trinajstić information content (AvgIpc) is 2.76. The van der Waals surface area contributed by atoms with E-state index in [4.69, 9.17) is 4.74 Å². The third kappa shape index (κ3) is 2.53. The van der Waals surface area contributed by atoms with Crippen molar-refractivity contribution in [3.05, 3.63) is 83.4 Å². The van der Waals surface area contributed by atoms with Crippen molar-refractivity contribution >= 4 is 11.8 Å². The summed E-state index contributed by atoms with van der Waals surface area (Å²) < 4.78 is 6.11. The van der Waals surface area contributed by atoms with E-state index in [0.29, 0.717) is 0 Å². The van der Waals surface area contributed by atoms with Crippen LogP contribution in [0.15, 0.2) is 72.3 Å². The zero-order valence-corrected chi connectivity index (χ0v) is 11.8. The van der Waals surface area contributed by atoms with Gasteiger partial charge in [-0.15, -0.1) is 0 Å². The molecule has 0 amide bonds. The Bertz CT molecular complexity index is 649. The SMILES string of the molecule is CC1(C)OC(c2ccccc2)=C/C1=C/c1ccccc1. The highest BCUT2D eigenvalue weighted by Crippen LogP contribution is 2.38. The van der Waals surface area contributed by atoms with Gasteiger partial charge in [-0.1, -0.05) is 60.7 Å². The Morgan fingerprint density at radius 1 is 0.850 bits per heavy atom. The third-order valence-electron chi connectivity index (χ3n) is 3.53. The van der Waals surface area contributed by atoms with Crippen molar-refractivity contribution in [1.82, 2.24) is 0 Å². The molecule has 1 aliphatic rings. The molecule has 0 aliphatic carbocycles. The molecule has 1 heterocycles. The summed E-state index contributed by atoms with van der Waals surface area (Å²) in [5.74, 6) is 0.942. The van der Waals surface area contributed by atoms with Gasteiger partial charge in [0.25, 0.3) is 0 Å². The highest BCUT2D eigenvalue weighted by atomic mass is 16.5. The minimum atomic E-state index is -0.291. The van der Waals surface area contributed by atoms with Gasteiger partial charge in [-0.3, -0.25) is 0 Å². The molecule has 0 bridgehead atoms. The quantitative estimate of drug-likeness (QED) is 0.746. The molecule has 0 saturated carbocycles. The summed E-state index contributed by atoms with van der Waals surface area (Å²) in [7, 11) is 0. The van der Waals surface area contributed by atoms with E-state index in [9.17, 15) is 0 Å². The number of hydrogen-bond donors (Lipinski definition) is 0. The van der Waals surface area contributed by atoms with Crippen molar-refractivity contribution in [2.45, 2.75) is 19.4 Å². The predicted molar refractivity (Wildman–Crippen MR) is 84.0 cm³/mol. The first-order valence-electron chi connectivity index (χ1n) is 6.88. The van der Waals surface area contributed by atoms with Gasteiger partial charge in [-0.2, -0.15) is 0 Å². The maximum atomic E-state index is 6.11. The minimum Gasteiger partial charge on any atom is -0.483 e. The number of rotatable bonds is 2. The van der Waals surface area contributed by atoms with Crippen molar-refractivity contribution < 1.29 is 4.74 Å². The Balaban J connectivity index is 1.98. The van der Waals surface area contributed by atoms with E-state index in [2.05, 4.69) is 62.4 Å². The maximum absolute atomic E-state index is 6.11. The molecule has 0 fully saturated rings. The molecule has 0 radical (unpaired) electrons.